The molecule has 0 saturated heterocycles. The first kappa shape index (κ1) is 10.4. The number of aromatic nitrogens is 4. The van der Waals surface area contributed by atoms with Gasteiger partial charge >= 0.3 is 0 Å². The first-order chi connectivity index (χ1) is 6.70. The van der Waals surface area contributed by atoms with Gasteiger partial charge in [0, 0.05) is 7.05 Å². The first-order valence-corrected chi connectivity index (χ1v) is 4.57. The van der Waals surface area contributed by atoms with E-state index in [1.54, 1.807) is 18.7 Å². The van der Waals surface area contributed by atoms with Crippen molar-refractivity contribution in [3.63, 3.8) is 0 Å². The second kappa shape index (κ2) is 4.04. The Morgan fingerprint density at radius 1 is 1.43 bits per heavy atom. The molecule has 0 aromatic carbocycles. The maximum Gasteiger partial charge on any atom is 0.262 e. The van der Waals surface area contributed by atoms with Crippen LogP contribution in [0.25, 0.3) is 11.0 Å². The standard InChI is InChI=1S/C7H8N4O.C2H6/c1-4-5-6(11(2)10-4)8-3-9-7(5)12;1-2/h3H,1-2H3,(H,8,9,12);1-2H3. The minimum Gasteiger partial charge on any atom is -0.312 e. The second-order valence-electron chi connectivity index (χ2n) is 2.64. The molecule has 14 heavy (non-hydrogen) atoms. The Morgan fingerprint density at radius 2 is 2.07 bits per heavy atom. The highest BCUT2D eigenvalue weighted by Crippen LogP contribution is 2.07. The molecular formula is C9H14N4O. The molecule has 76 valence electrons. The molecule has 5 heteroatoms. The normalized spacial score (nSPS) is 9.71. The summed E-state index contributed by atoms with van der Waals surface area (Å²) in [6, 6.07) is 0. The number of aromatic amines is 1. The van der Waals surface area contributed by atoms with Crippen molar-refractivity contribution < 1.29 is 0 Å². The van der Waals surface area contributed by atoms with E-state index >= 15 is 0 Å². The highest BCUT2D eigenvalue weighted by atomic mass is 16.1. The number of fused-ring (bicyclic) bond motifs is 1. The third-order valence-electron chi connectivity index (χ3n) is 1.80. The van der Waals surface area contributed by atoms with Gasteiger partial charge in [-0.1, -0.05) is 13.8 Å². The summed E-state index contributed by atoms with van der Waals surface area (Å²) >= 11 is 0. The maximum absolute atomic E-state index is 11.3. The molecule has 2 rings (SSSR count). The van der Waals surface area contributed by atoms with Crippen molar-refractivity contribution in [1.29, 1.82) is 0 Å². The molecule has 0 aliphatic heterocycles. The first-order valence-electron chi connectivity index (χ1n) is 4.57. The van der Waals surface area contributed by atoms with Crippen LogP contribution in [0, 0.1) is 6.92 Å². The van der Waals surface area contributed by atoms with Crippen LogP contribution in [0.4, 0.5) is 0 Å². The van der Waals surface area contributed by atoms with Crippen LogP contribution < -0.4 is 5.56 Å². The summed E-state index contributed by atoms with van der Waals surface area (Å²) in [6.07, 6.45) is 1.38. The molecule has 0 unspecified atom stereocenters. The molecule has 0 amide bonds. The molecule has 0 fully saturated rings. The van der Waals surface area contributed by atoms with E-state index in [0.29, 0.717) is 16.7 Å². The van der Waals surface area contributed by atoms with Crippen molar-refractivity contribution in [2.45, 2.75) is 20.8 Å². The van der Waals surface area contributed by atoms with E-state index in [4.69, 9.17) is 0 Å². The van der Waals surface area contributed by atoms with Crippen LogP contribution >= 0.6 is 0 Å². The lowest BCUT2D eigenvalue weighted by Crippen LogP contribution is -2.06. The lowest BCUT2D eigenvalue weighted by atomic mass is 10.3. The number of hydrogen-bond acceptors (Lipinski definition) is 3. The summed E-state index contributed by atoms with van der Waals surface area (Å²) in [5.41, 5.74) is 1.20. The topological polar surface area (TPSA) is 63.6 Å². The quantitative estimate of drug-likeness (QED) is 0.680. The fourth-order valence-electron chi connectivity index (χ4n) is 1.28. The van der Waals surface area contributed by atoms with E-state index in [1.807, 2.05) is 13.8 Å². The fraction of sp³-hybridized carbons (Fsp3) is 0.444. The van der Waals surface area contributed by atoms with Gasteiger partial charge in [0.15, 0.2) is 5.65 Å². The van der Waals surface area contributed by atoms with Gasteiger partial charge in [0.2, 0.25) is 0 Å². The summed E-state index contributed by atoms with van der Waals surface area (Å²) in [4.78, 5) is 17.8. The lowest BCUT2D eigenvalue weighted by Gasteiger charge is -1.89. The number of H-pyrrole nitrogens is 1. The average Bonchev–Trinajstić information content (AvgIpc) is 2.47. The van der Waals surface area contributed by atoms with Gasteiger partial charge in [0.25, 0.3) is 5.56 Å². The summed E-state index contributed by atoms with van der Waals surface area (Å²) in [5, 5.41) is 4.65. The fourth-order valence-corrected chi connectivity index (χ4v) is 1.28. The molecule has 0 radical (unpaired) electrons. The molecule has 2 heterocycles. The SMILES string of the molecule is CC.Cc1nn(C)c2nc[nH]c(=O)c12. The van der Waals surface area contributed by atoms with Crippen LogP contribution in [0.1, 0.15) is 19.5 Å². The molecule has 0 bridgehead atoms. The van der Waals surface area contributed by atoms with Gasteiger partial charge < -0.3 is 4.98 Å². The zero-order valence-electron chi connectivity index (χ0n) is 8.83. The van der Waals surface area contributed by atoms with Crippen molar-refractivity contribution in [3.05, 3.63) is 22.4 Å². The number of hydrogen-bond donors (Lipinski definition) is 1. The third-order valence-corrected chi connectivity index (χ3v) is 1.80. The largest absolute Gasteiger partial charge is 0.312 e. The van der Waals surface area contributed by atoms with Gasteiger partial charge in [-0.15, -0.1) is 0 Å². The van der Waals surface area contributed by atoms with Crippen molar-refractivity contribution in [1.82, 2.24) is 19.7 Å². The van der Waals surface area contributed by atoms with E-state index < -0.39 is 0 Å². The molecule has 5 nitrogen and oxygen atoms in total. The van der Waals surface area contributed by atoms with E-state index in [0.717, 1.165) is 0 Å². The minimum atomic E-state index is -0.134. The van der Waals surface area contributed by atoms with E-state index in [9.17, 15) is 4.79 Å². The summed E-state index contributed by atoms with van der Waals surface area (Å²) in [6.45, 7) is 5.79. The number of nitrogens with zero attached hydrogens (tertiary/aromatic N) is 3. The Kier molecular flexibility index (Phi) is 3.01. The average molecular weight is 194 g/mol. The Hall–Kier alpha value is -1.65. The van der Waals surface area contributed by atoms with Crippen molar-refractivity contribution in [2.24, 2.45) is 7.05 Å². The van der Waals surface area contributed by atoms with E-state index in [2.05, 4.69) is 15.1 Å². The maximum atomic E-state index is 11.3. The number of aryl methyl sites for hydroxylation is 2. The van der Waals surface area contributed by atoms with Crippen LogP contribution in [0.15, 0.2) is 11.1 Å². The van der Waals surface area contributed by atoms with Crippen LogP contribution in [0.3, 0.4) is 0 Å². The van der Waals surface area contributed by atoms with Gasteiger partial charge in [-0.3, -0.25) is 4.79 Å². The van der Waals surface area contributed by atoms with Crippen LogP contribution in [-0.4, -0.2) is 19.7 Å². The molecule has 1 N–H and O–H groups in total. The molecule has 0 aliphatic carbocycles. The predicted molar refractivity (Wildman–Crippen MR) is 55.2 cm³/mol. The van der Waals surface area contributed by atoms with Gasteiger partial charge in [-0.25, -0.2) is 9.67 Å². The number of rotatable bonds is 0. The summed E-state index contributed by atoms with van der Waals surface area (Å²) < 4.78 is 1.60. The Labute approximate surface area is 81.8 Å². The van der Waals surface area contributed by atoms with Crippen molar-refractivity contribution in [3.8, 4) is 0 Å². The van der Waals surface area contributed by atoms with Gasteiger partial charge in [-0.2, -0.15) is 5.10 Å². The Balaban J connectivity index is 0.000000461. The predicted octanol–water partition coefficient (Wildman–Crippen LogP) is 0.991. The molecule has 2 aromatic rings. The van der Waals surface area contributed by atoms with Crippen molar-refractivity contribution >= 4 is 11.0 Å². The van der Waals surface area contributed by atoms with Gasteiger partial charge in [0.1, 0.15) is 5.39 Å². The highest BCUT2D eigenvalue weighted by Gasteiger charge is 2.07. The van der Waals surface area contributed by atoms with Gasteiger partial charge in [0.05, 0.1) is 12.0 Å². The smallest absolute Gasteiger partial charge is 0.262 e. The number of nitrogens with one attached hydrogen (secondary N) is 1. The molecular weight excluding hydrogens is 180 g/mol. The zero-order chi connectivity index (χ0) is 10.7. The molecule has 0 aliphatic rings. The zero-order valence-corrected chi connectivity index (χ0v) is 8.83. The molecule has 0 atom stereocenters. The Morgan fingerprint density at radius 3 is 2.64 bits per heavy atom. The van der Waals surface area contributed by atoms with Crippen LogP contribution in [-0.2, 0) is 7.05 Å². The Bertz CT molecular complexity index is 483. The monoisotopic (exact) mass is 194 g/mol. The summed E-state index contributed by atoms with van der Waals surface area (Å²) in [7, 11) is 1.77. The van der Waals surface area contributed by atoms with Crippen molar-refractivity contribution in [2.75, 3.05) is 0 Å². The molecule has 0 spiro atoms. The summed E-state index contributed by atoms with van der Waals surface area (Å²) in [5.74, 6) is 0. The van der Waals surface area contributed by atoms with E-state index in [1.165, 1.54) is 6.33 Å². The second-order valence-corrected chi connectivity index (χ2v) is 2.64. The van der Waals surface area contributed by atoms with Crippen LogP contribution in [0.2, 0.25) is 0 Å². The van der Waals surface area contributed by atoms with E-state index in [-0.39, 0.29) is 5.56 Å². The van der Waals surface area contributed by atoms with Crippen LogP contribution in [0.5, 0.6) is 0 Å². The third kappa shape index (κ3) is 1.53. The molecule has 2 aromatic heterocycles. The minimum absolute atomic E-state index is 0.134. The molecule has 0 saturated carbocycles. The lowest BCUT2D eigenvalue weighted by molar-refractivity contribution is 0.773. The highest BCUT2D eigenvalue weighted by molar-refractivity contribution is 5.76. The van der Waals surface area contributed by atoms with Gasteiger partial charge in [-0.05, 0) is 6.92 Å².